The zero-order chi connectivity index (χ0) is 13.0. The second-order valence-electron chi connectivity index (χ2n) is 4.50. The van der Waals surface area contributed by atoms with Gasteiger partial charge < -0.3 is 9.84 Å². The van der Waals surface area contributed by atoms with Crippen molar-refractivity contribution < 1.29 is 9.84 Å². The molecule has 5 heteroatoms. The van der Waals surface area contributed by atoms with Crippen LogP contribution in [0.25, 0.3) is 0 Å². The number of aliphatic hydroxyl groups is 1. The monoisotopic (exact) mass is 289 g/mol. The number of hydrogen-bond acceptors (Lipinski definition) is 3. The summed E-state index contributed by atoms with van der Waals surface area (Å²) in [7, 11) is 0. The Morgan fingerprint density at radius 1 is 1.28 bits per heavy atom. The summed E-state index contributed by atoms with van der Waals surface area (Å²) in [6.45, 7) is 3.31. The van der Waals surface area contributed by atoms with Crippen LogP contribution in [-0.2, 0) is 0 Å². The van der Waals surface area contributed by atoms with E-state index < -0.39 is 0 Å². The molecule has 1 heterocycles. The zero-order valence-electron chi connectivity index (χ0n) is 10.1. The van der Waals surface area contributed by atoms with Crippen LogP contribution in [0.15, 0.2) is 18.2 Å². The van der Waals surface area contributed by atoms with Gasteiger partial charge in [0.1, 0.15) is 12.4 Å². The standard InChI is InChI=1S/C13H17Cl2NO2/c14-10-1-2-13(12(15)9-10)18-8-7-16-5-3-11(17)4-6-16/h1-2,9,11,17H,3-8H2. The van der Waals surface area contributed by atoms with Gasteiger partial charge in [0.25, 0.3) is 0 Å². The maximum atomic E-state index is 9.40. The number of benzene rings is 1. The SMILES string of the molecule is OC1CCN(CCOc2ccc(Cl)cc2Cl)CC1. The van der Waals surface area contributed by atoms with Crippen molar-refractivity contribution >= 4 is 23.2 Å². The first kappa shape index (κ1) is 13.9. The highest BCUT2D eigenvalue weighted by Crippen LogP contribution is 2.27. The van der Waals surface area contributed by atoms with Gasteiger partial charge in [0.05, 0.1) is 11.1 Å². The highest BCUT2D eigenvalue weighted by atomic mass is 35.5. The van der Waals surface area contributed by atoms with Crippen LogP contribution in [0.5, 0.6) is 5.75 Å². The average Bonchev–Trinajstić information content (AvgIpc) is 2.34. The average molecular weight is 290 g/mol. The summed E-state index contributed by atoms with van der Waals surface area (Å²) in [6, 6.07) is 5.22. The van der Waals surface area contributed by atoms with E-state index in [1.54, 1.807) is 18.2 Å². The molecule has 18 heavy (non-hydrogen) atoms. The Kier molecular flexibility index (Phi) is 5.13. The molecule has 1 aromatic carbocycles. The first-order chi connectivity index (χ1) is 8.65. The lowest BCUT2D eigenvalue weighted by Crippen LogP contribution is -2.38. The molecule has 0 radical (unpaired) electrons. The molecule has 0 bridgehead atoms. The predicted molar refractivity (Wildman–Crippen MR) is 73.6 cm³/mol. The number of halogens is 2. The molecule has 1 aromatic rings. The molecule has 1 fully saturated rings. The third kappa shape index (κ3) is 4.02. The lowest BCUT2D eigenvalue weighted by Gasteiger charge is -2.29. The quantitative estimate of drug-likeness (QED) is 0.925. The third-order valence-corrected chi connectivity index (χ3v) is 3.65. The number of piperidine rings is 1. The Bertz CT molecular complexity index is 393. The number of nitrogens with zero attached hydrogens (tertiary/aromatic N) is 1. The van der Waals surface area contributed by atoms with Gasteiger partial charge in [-0.15, -0.1) is 0 Å². The van der Waals surface area contributed by atoms with E-state index in [1.807, 2.05) is 0 Å². The van der Waals surface area contributed by atoms with Crippen molar-refractivity contribution in [2.45, 2.75) is 18.9 Å². The van der Waals surface area contributed by atoms with Crippen molar-refractivity contribution in [2.75, 3.05) is 26.2 Å². The second-order valence-corrected chi connectivity index (χ2v) is 5.34. The largest absolute Gasteiger partial charge is 0.491 e. The van der Waals surface area contributed by atoms with Gasteiger partial charge in [-0.05, 0) is 31.0 Å². The normalized spacial score (nSPS) is 17.9. The van der Waals surface area contributed by atoms with Crippen LogP contribution in [0.1, 0.15) is 12.8 Å². The maximum absolute atomic E-state index is 9.40. The van der Waals surface area contributed by atoms with Gasteiger partial charge >= 0.3 is 0 Å². The van der Waals surface area contributed by atoms with Crippen molar-refractivity contribution in [3.8, 4) is 5.75 Å². The minimum atomic E-state index is -0.132. The minimum Gasteiger partial charge on any atom is -0.491 e. The Morgan fingerprint density at radius 2 is 2.00 bits per heavy atom. The molecule has 0 saturated carbocycles. The van der Waals surface area contributed by atoms with E-state index >= 15 is 0 Å². The molecule has 1 N–H and O–H groups in total. The summed E-state index contributed by atoms with van der Waals surface area (Å²) in [6.07, 6.45) is 1.57. The smallest absolute Gasteiger partial charge is 0.138 e. The van der Waals surface area contributed by atoms with E-state index in [-0.39, 0.29) is 6.10 Å². The van der Waals surface area contributed by atoms with Crippen molar-refractivity contribution in [1.82, 2.24) is 4.90 Å². The Balaban J connectivity index is 1.75. The lowest BCUT2D eigenvalue weighted by atomic mass is 10.1. The lowest BCUT2D eigenvalue weighted by molar-refractivity contribution is 0.0755. The Hall–Kier alpha value is -0.480. The van der Waals surface area contributed by atoms with Crippen LogP contribution in [0.3, 0.4) is 0 Å². The molecule has 0 aromatic heterocycles. The summed E-state index contributed by atoms with van der Waals surface area (Å²) >= 11 is 11.8. The highest BCUT2D eigenvalue weighted by molar-refractivity contribution is 6.35. The van der Waals surface area contributed by atoms with Gasteiger partial charge in [-0.1, -0.05) is 23.2 Å². The van der Waals surface area contributed by atoms with Gasteiger partial charge in [-0.2, -0.15) is 0 Å². The molecular weight excluding hydrogens is 273 g/mol. The number of rotatable bonds is 4. The summed E-state index contributed by atoms with van der Waals surface area (Å²) in [4.78, 5) is 2.29. The first-order valence-electron chi connectivity index (χ1n) is 6.13. The summed E-state index contributed by atoms with van der Waals surface area (Å²) in [5.74, 6) is 0.665. The molecule has 1 saturated heterocycles. The van der Waals surface area contributed by atoms with Crippen molar-refractivity contribution in [3.63, 3.8) is 0 Å². The topological polar surface area (TPSA) is 32.7 Å². The molecule has 0 atom stereocenters. The first-order valence-corrected chi connectivity index (χ1v) is 6.89. The molecule has 2 rings (SSSR count). The van der Waals surface area contributed by atoms with E-state index in [4.69, 9.17) is 27.9 Å². The van der Waals surface area contributed by atoms with E-state index in [9.17, 15) is 5.11 Å². The van der Waals surface area contributed by atoms with Crippen molar-refractivity contribution in [3.05, 3.63) is 28.2 Å². The van der Waals surface area contributed by atoms with E-state index in [2.05, 4.69) is 4.90 Å². The van der Waals surface area contributed by atoms with E-state index in [0.29, 0.717) is 22.4 Å². The summed E-state index contributed by atoms with van der Waals surface area (Å²) in [5, 5.41) is 10.6. The molecule has 0 unspecified atom stereocenters. The second kappa shape index (κ2) is 6.62. The van der Waals surface area contributed by atoms with Crippen LogP contribution in [0.2, 0.25) is 10.0 Å². The number of aliphatic hydroxyl groups excluding tert-OH is 1. The number of hydrogen-bond donors (Lipinski definition) is 1. The minimum absolute atomic E-state index is 0.132. The highest BCUT2D eigenvalue weighted by Gasteiger charge is 2.16. The van der Waals surface area contributed by atoms with Crippen LogP contribution in [0.4, 0.5) is 0 Å². The molecule has 1 aliphatic rings. The molecule has 0 amide bonds. The molecule has 0 spiro atoms. The van der Waals surface area contributed by atoms with Crippen molar-refractivity contribution in [2.24, 2.45) is 0 Å². The van der Waals surface area contributed by atoms with E-state index in [0.717, 1.165) is 32.5 Å². The molecule has 3 nitrogen and oxygen atoms in total. The fourth-order valence-corrected chi connectivity index (χ4v) is 2.48. The van der Waals surface area contributed by atoms with Crippen molar-refractivity contribution in [1.29, 1.82) is 0 Å². The van der Waals surface area contributed by atoms with Gasteiger partial charge in [-0.25, -0.2) is 0 Å². The third-order valence-electron chi connectivity index (χ3n) is 3.12. The summed E-state index contributed by atoms with van der Waals surface area (Å²) in [5.41, 5.74) is 0. The van der Waals surface area contributed by atoms with Crippen LogP contribution >= 0.6 is 23.2 Å². The predicted octanol–water partition coefficient (Wildman–Crippen LogP) is 2.83. The number of likely N-dealkylation sites (tertiary alicyclic amines) is 1. The molecule has 100 valence electrons. The van der Waals surface area contributed by atoms with Crippen LogP contribution < -0.4 is 4.74 Å². The Morgan fingerprint density at radius 3 is 2.67 bits per heavy atom. The van der Waals surface area contributed by atoms with Crippen LogP contribution in [-0.4, -0.2) is 42.4 Å². The van der Waals surface area contributed by atoms with E-state index in [1.165, 1.54) is 0 Å². The molecule has 1 aliphatic heterocycles. The zero-order valence-corrected chi connectivity index (χ0v) is 11.6. The van der Waals surface area contributed by atoms with Gasteiger partial charge in [0, 0.05) is 24.7 Å². The summed E-state index contributed by atoms with van der Waals surface area (Å²) < 4.78 is 5.63. The number of ether oxygens (including phenoxy) is 1. The Labute approximate surface area is 117 Å². The van der Waals surface area contributed by atoms with Gasteiger partial charge in [0.2, 0.25) is 0 Å². The fraction of sp³-hybridized carbons (Fsp3) is 0.538. The molecular formula is C13H17Cl2NO2. The molecule has 0 aliphatic carbocycles. The fourth-order valence-electron chi connectivity index (χ4n) is 2.02. The van der Waals surface area contributed by atoms with Gasteiger partial charge in [-0.3, -0.25) is 4.90 Å². The maximum Gasteiger partial charge on any atom is 0.138 e. The van der Waals surface area contributed by atoms with Crippen LogP contribution in [0, 0.1) is 0 Å². The van der Waals surface area contributed by atoms with Gasteiger partial charge in [0.15, 0.2) is 0 Å².